The summed E-state index contributed by atoms with van der Waals surface area (Å²) >= 11 is 0. The van der Waals surface area contributed by atoms with E-state index in [9.17, 15) is 19.8 Å². The van der Waals surface area contributed by atoms with Crippen LogP contribution in [0, 0.1) is 0 Å². The number of ether oxygens (including phenoxy) is 1. The van der Waals surface area contributed by atoms with E-state index >= 15 is 0 Å². The average Bonchev–Trinajstić information content (AvgIpc) is 2.93. The Morgan fingerprint density at radius 3 is 2.24 bits per heavy atom. The van der Waals surface area contributed by atoms with E-state index in [1.807, 2.05) is 37.2 Å². The number of carboxylic acids is 1. The molecule has 1 amide bonds. The highest BCUT2D eigenvalue weighted by atomic mass is 16.5. The van der Waals surface area contributed by atoms with E-state index < -0.39 is 5.97 Å². The molecule has 0 saturated heterocycles. The molecule has 0 aromatic heterocycles. The normalized spacial score (nSPS) is 11.7. The van der Waals surface area contributed by atoms with Crippen LogP contribution in [-0.4, -0.2) is 59.0 Å². The number of carboxylic acid groups (broad SMARTS) is 1. The van der Waals surface area contributed by atoms with Crippen molar-refractivity contribution in [3.8, 4) is 22.6 Å². The van der Waals surface area contributed by atoms with Gasteiger partial charge < -0.3 is 19.8 Å². The van der Waals surface area contributed by atoms with Gasteiger partial charge >= 0.3 is 5.97 Å². The van der Waals surface area contributed by atoms with Crippen LogP contribution in [0.25, 0.3) is 11.1 Å². The molecule has 3 aromatic carbocycles. The van der Waals surface area contributed by atoms with Crippen molar-refractivity contribution in [2.24, 2.45) is 5.10 Å². The van der Waals surface area contributed by atoms with Gasteiger partial charge in [-0.05, 0) is 71.2 Å². The first kappa shape index (κ1) is 32.2. The quantitative estimate of drug-likeness (QED) is 0.109. The number of amidine groups is 1. The van der Waals surface area contributed by atoms with Crippen molar-refractivity contribution >= 4 is 18.2 Å². The highest BCUT2D eigenvalue weighted by Gasteiger charge is 2.15. The Bertz CT molecular complexity index is 1390. The van der Waals surface area contributed by atoms with Crippen molar-refractivity contribution < 1.29 is 24.5 Å². The number of methoxy groups -OCH3 is 1. The van der Waals surface area contributed by atoms with E-state index in [1.165, 1.54) is 12.7 Å². The largest absolute Gasteiger partial charge is 0.508 e. The second-order valence-corrected chi connectivity index (χ2v) is 11.5. The first-order chi connectivity index (χ1) is 19.9. The molecule has 0 unspecified atom stereocenters. The Labute approximate surface area is 249 Å². The van der Waals surface area contributed by atoms with Crippen molar-refractivity contribution in [3.63, 3.8) is 0 Å². The number of carbonyl (C=O) groups is 2. The summed E-state index contributed by atoms with van der Waals surface area (Å²) in [5, 5.41) is 26.6. The van der Waals surface area contributed by atoms with Gasteiger partial charge in [0.25, 0.3) is 0 Å². The van der Waals surface area contributed by atoms with Gasteiger partial charge in [0, 0.05) is 25.6 Å². The van der Waals surface area contributed by atoms with Crippen LogP contribution in [0.3, 0.4) is 0 Å². The van der Waals surface area contributed by atoms with Crippen LogP contribution < -0.4 is 4.74 Å². The number of phenols is 1. The molecule has 0 bridgehead atoms. The smallest absolute Gasteiger partial charge is 0.307 e. The van der Waals surface area contributed by atoms with Gasteiger partial charge in [-0.25, -0.2) is 0 Å². The predicted molar refractivity (Wildman–Crippen MR) is 167 cm³/mol. The molecule has 3 aromatic rings. The minimum atomic E-state index is -0.941. The van der Waals surface area contributed by atoms with Gasteiger partial charge in [0.05, 0.1) is 20.1 Å². The Morgan fingerprint density at radius 1 is 1.00 bits per heavy atom. The highest BCUT2D eigenvalue weighted by Crippen LogP contribution is 2.31. The summed E-state index contributed by atoms with van der Waals surface area (Å²) in [7, 11) is 3.41. The van der Waals surface area contributed by atoms with Gasteiger partial charge in [-0.15, -0.1) is 0 Å². The molecule has 42 heavy (non-hydrogen) atoms. The summed E-state index contributed by atoms with van der Waals surface area (Å²) in [6.45, 7) is 9.63. The molecule has 0 aliphatic rings. The number of phenolic OH excluding ortho intramolecular Hbond substituents is 1. The molecule has 0 spiro atoms. The van der Waals surface area contributed by atoms with Gasteiger partial charge in [-0.3, -0.25) is 14.6 Å². The zero-order chi connectivity index (χ0) is 30.9. The number of aromatic hydroxyl groups is 1. The maximum absolute atomic E-state index is 11.8. The van der Waals surface area contributed by atoms with Crippen molar-refractivity contribution in [2.45, 2.75) is 65.3 Å². The Hall–Kier alpha value is -4.33. The maximum atomic E-state index is 11.8. The first-order valence-corrected chi connectivity index (χ1v) is 14.3. The number of benzene rings is 3. The lowest BCUT2D eigenvalue weighted by Crippen LogP contribution is -2.31. The van der Waals surface area contributed by atoms with Crippen LogP contribution in [0.15, 0.2) is 65.8 Å². The molecule has 0 atom stereocenters. The lowest BCUT2D eigenvalue weighted by Gasteiger charge is -2.22. The van der Waals surface area contributed by atoms with E-state index in [1.54, 1.807) is 23.1 Å². The topological polar surface area (TPSA) is 103 Å². The molecule has 2 N–H and O–H groups in total. The summed E-state index contributed by atoms with van der Waals surface area (Å²) in [5.74, 6) is 0.422. The molecule has 0 heterocycles. The number of aliphatic carboxylic acids is 1. The van der Waals surface area contributed by atoms with Gasteiger partial charge in [0.2, 0.25) is 6.41 Å². The van der Waals surface area contributed by atoms with Crippen molar-refractivity contribution in [3.05, 3.63) is 82.9 Å². The van der Waals surface area contributed by atoms with Crippen LogP contribution in [0.2, 0.25) is 0 Å². The molecule has 8 nitrogen and oxygen atoms in total. The van der Waals surface area contributed by atoms with Crippen LogP contribution in [0.5, 0.6) is 11.5 Å². The summed E-state index contributed by atoms with van der Waals surface area (Å²) < 4.78 is 5.29. The maximum Gasteiger partial charge on any atom is 0.307 e. The number of amides is 1. The number of hydrazone groups is 1. The van der Waals surface area contributed by atoms with Crippen molar-refractivity contribution in [1.29, 1.82) is 0 Å². The van der Waals surface area contributed by atoms with Crippen molar-refractivity contribution in [1.82, 2.24) is 9.91 Å². The van der Waals surface area contributed by atoms with E-state index in [4.69, 9.17) is 9.84 Å². The Kier molecular flexibility index (Phi) is 11.1. The van der Waals surface area contributed by atoms with Crippen LogP contribution >= 0.6 is 0 Å². The fourth-order valence-corrected chi connectivity index (χ4v) is 4.83. The predicted octanol–water partition coefficient (Wildman–Crippen LogP) is 6.24. The molecule has 8 heteroatoms. The van der Waals surface area contributed by atoms with E-state index in [0.717, 1.165) is 28.7 Å². The number of nitrogens with zero attached hydrogens (tertiary/aromatic N) is 3. The van der Waals surface area contributed by atoms with Crippen LogP contribution in [-0.2, 0) is 34.4 Å². The summed E-state index contributed by atoms with van der Waals surface area (Å²) in [6.07, 6.45) is 2.52. The third kappa shape index (κ3) is 8.83. The second-order valence-electron chi connectivity index (χ2n) is 11.5. The lowest BCUT2D eigenvalue weighted by atomic mass is 9.87. The minimum Gasteiger partial charge on any atom is -0.508 e. The SMILES string of the molecule is CCN(C=O)/C(CCCc1ccc(-c2ccc(OC)c(CC(=O)O)c2)cc1O)=N\N(C)Cc1ccc(C(C)(C)C)cc1. The molecule has 3 rings (SSSR count). The Morgan fingerprint density at radius 2 is 1.67 bits per heavy atom. The monoisotopic (exact) mass is 573 g/mol. The van der Waals surface area contributed by atoms with E-state index in [-0.39, 0.29) is 17.6 Å². The number of rotatable bonds is 13. The van der Waals surface area contributed by atoms with Gasteiger partial charge in [0.15, 0.2) is 0 Å². The fourth-order valence-electron chi connectivity index (χ4n) is 4.83. The molecule has 0 fully saturated rings. The molecule has 0 radical (unpaired) electrons. The van der Waals surface area contributed by atoms with E-state index in [0.29, 0.717) is 49.5 Å². The lowest BCUT2D eigenvalue weighted by molar-refractivity contribution is -0.136. The number of aryl methyl sites for hydroxylation is 1. The third-order valence-corrected chi connectivity index (χ3v) is 7.20. The summed E-state index contributed by atoms with van der Waals surface area (Å²) in [4.78, 5) is 24.7. The summed E-state index contributed by atoms with van der Waals surface area (Å²) in [6, 6.07) is 19.4. The first-order valence-electron chi connectivity index (χ1n) is 14.3. The van der Waals surface area contributed by atoms with Gasteiger partial charge in [-0.1, -0.05) is 63.2 Å². The fraction of sp³-hybridized carbons (Fsp3) is 0.382. The minimum absolute atomic E-state index is 0.0945. The van der Waals surface area contributed by atoms with Crippen LogP contribution in [0.1, 0.15) is 62.8 Å². The standard InChI is InChI=1S/C34H43N3O5/c1-7-37(23-38)32(35-36(5)22-24-11-16-29(17-12-24)34(2,3)4)10-8-9-25-13-14-27(20-30(25)39)26-15-18-31(42-6)28(19-26)21-33(40)41/h11-20,23,39H,7-10,21-22H2,1-6H3,(H,40,41)/b35-32-. The van der Waals surface area contributed by atoms with Crippen molar-refractivity contribution in [2.75, 3.05) is 20.7 Å². The highest BCUT2D eigenvalue weighted by molar-refractivity contribution is 5.90. The third-order valence-electron chi connectivity index (χ3n) is 7.20. The molecule has 224 valence electrons. The number of hydrogen-bond acceptors (Lipinski definition) is 6. The second kappa shape index (κ2) is 14.5. The van der Waals surface area contributed by atoms with Gasteiger partial charge in [0.1, 0.15) is 17.3 Å². The molecule has 0 aliphatic carbocycles. The zero-order valence-corrected chi connectivity index (χ0v) is 25.6. The number of carbonyl (C=O) groups excluding carboxylic acids is 1. The molecule has 0 saturated carbocycles. The van der Waals surface area contributed by atoms with E-state index in [2.05, 4.69) is 45.0 Å². The Balaban J connectivity index is 1.69. The molecular formula is C34H43N3O5. The molecule has 0 aliphatic heterocycles. The average molecular weight is 574 g/mol. The summed E-state index contributed by atoms with van der Waals surface area (Å²) in [5.41, 5.74) is 5.45. The molecular weight excluding hydrogens is 530 g/mol. The number of hydrogen-bond donors (Lipinski definition) is 2. The van der Waals surface area contributed by atoms with Crippen LogP contribution in [0.4, 0.5) is 0 Å². The van der Waals surface area contributed by atoms with Gasteiger partial charge in [-0.2, -0.15) is 5.10 Å². The zero-order valence-electron chi connectivity index (χ0n) is 25.6.